The molecule has 0 saturated carbocycles. The van der Waals surface area contributed by atoms with Gasteiger partial charge in [-0.2, -0.15) is 0 Å². The molecule has 1 aromatic rings. The third-order valence-electron chi connectivity index (χ3n) is 1.87. The molecular formula is C9H5ClF5NO2. The molecule has 0 fully saturated rings. The largest absolute Gasteiger partial charge is 0.573 e. The van der Waals surface area contributed by atoms with Crippen LogP contribution in [0.4, 0.5) is 22.0 Å². The number of halogens is 6. The quantitative estimate of drug-likeness (QED) is 0.484. The van der Waals surface area contributed by atoms with Crippen LogP contribution in [0.5, 0.6) is 5.75 Å². The molecule has 0 aliphatic carbocycles. The topological polar surface area (TPSA) is 39.2 Å². The van der Waals surface area contributed by atoms with Gasteiger partial charge in [-0.25, -0.2) is 8.78 Å². The Bertz CT molecular complexity index is 449. The first-order valence-electron chi connectivity index (χ1n) is 4.37. The van der Waals surface area contributed by atoms with E-state index in [0.29, 0.717) is 0 Å². The van der Waals surface area contributed by atoms with Gasteiger partial charge in [0, 0.05) is 12.1 Å². The summed E-state index contributed by atoms with van der Waals surface area (Å²) in [6, 6.07) is 0. The molecule has 0 atom stereocenters. The number of rotatable bonds is 4. The Labute approximate surface area is 103 Å². The van der Waals surface area contributed by atoms with Crippen molar-refractivity contribution in [2.75, 3.05) is 0 Å². The van der Waals surface area contributed by atoms with Crippen molar-refractivity contribution in [3.8, 4) is 5.75 Å². The molecule has 0 radical (unpaired) electrons. The average Bonchev–Trinajstić information content (AvgIpc) is 2.25. The maximum atomic E-state index is 12.5. The maximum Gasteiger partial charge on any atom is 0.573 e. The number of nitrogens with zero attached hydrogens (tertiary/aromatic N) is 1. The van der Waals surface area contributed by atoms with Gasteiger partial charge in [0.05, 0.1) is 5.56 Å². The van der Waals surface area contributed by atoms with Crippen LogP contribution in [0.1, 0.15) is 28.0 Å². The monoisotopic (exact) mass is 289 g/mol. The zero-order valence-corrected chi connectivity index (χ0v) is 9.23. The Balaban J connectivity index is 3.43. The van der Waals surface area contributed by atoms with Gasteiger partial charge in [-0.3, -0.25) is 9.78 Å². The molecule has 1 rings (SSSR count). The summed E-state index contributed by atoms with van der Waals surface area (Å²) in [5, 5.41) is 0. The van der Waals surface area contributed by atoms with Crippen molar-refractivity contribution in [1.29, 1.82) is 0 Å². The fourth-order valence-electron chi connectivity index (χ4n) is 1.17. The standard InChI is InChI=1S/C9H5ClF5NO2/c10-1-4-2-16-6(8(11)12)7(5(4)3-17)18-9(13,14)15/h2-3,8H,1H2. The number of pyridine rings is 1. The Kier molecular flexibility index (Phi) is 4.44. The molecule has 18 heavy (non-hydrogen) atoms. The maximum absolute atomic E-state index is 12.5. The molecule has 0 saturated heterocycles. The molecule has 3 nitrogen and oxygen atoms in total. The molecule has 0 amide bonds. The van der Waals surface area contributed by atoms with Crippen LogP contribution in [-0.2, 0) is 5.88 Å². The smallest absolute Gasteiger partial charge is 0.403 e. The van der Waals surface area contributed by atoms with Crippen molar-refractivity contribution in [3.05, 3.63) is 23.0 Å². The van der Waals surface area contributed by atoms with Gasteiger partial charge >= 0.3 is 6.36 Å². The molecule has 0 aromatic carbocycles. The first kappa shape index (κ1) is 14.6. The molecule has 0 aliphatic heterocycles. The number of aromatic nitrogens is 1. The van der Waals surface area contributed by atoms with Gasteiger partial charge in [-0.15, -0.1) is 24.8 Å². The summed E-state index contributed by atoms with van der Waals surface area (Å²) >= 11 is 5.36. The summed E-state index contributed by atoms with van der Waals surface area (Å²) in [6.45, 7) is 0. The summed E-state index contributed by atoms with van der Waals surface area (Å²) in [6.07, 6.45) is -7.76. The first-order chi connectivity index (χ1) is 8.30. The number of hydrogen-bond donors (Lipinski definition) is 0. The molecule has 0 N–H and O–H groups in total. The molecule has 0 spiro atoms. The highest BCUT2D eigenvalue weighted by Crippen LogP contribution is 2.35. The van der Waals surface area contributed by atoms with Gasteiger partial charge in [-0.1, -0.05) is 0 Å². The van der Waals surface area contributed by atoms with Crippen LogP contribution in [0, 0.1) is 0 Å². The van der Waals surface area contributed by atoms with E-state index >= 15 is 0 Å². The van der Waals surface area contributed by atoms with E-state index in [-0.39, 0.29) is 17.7 Å². The summed E-state index contributed by atoms with van der Waals surface area (Å²) in [4.78, 5) is 13.8. The Hall–Kier alpha value is -1.44. The number of aldehydes is 1. The minimum atomic E-state index is -5.21. The number of alkyl halides is 6. The molecule has 100 valence electrons. The van der Waals surface area contributed by atoms with Crippen LogP contribution < -0.4 is 4.74 Å². The van der Waals surface area contributed by atoms with Gasteiger partial charge in [0.2, 0.25) is 0 Å². The van der Waals surface area contributed by atoms with E-state index in [1.54, 1.807) is 0 Å². The lowest BCUT2D eigenvalue weighted by Gasteiger charge is -2.15. The van der Waals surface area contributed by atoms with Crippen molar-refractivity contribution in [1.82, 2.24) is 4.98 Å². The van der Waals surface area contributed by atoms with Crippen LogP contribution in [0.2, 0.25) is 0 Å². The van der Waals surface area contributed by atoms with E-state index in [9.17, 15) is 26.7 Å². The molecule has 1 heterocycles. The van der Waals surface area contributed by atoms with Crippen LogP contribution in [-0.4, -0.2) is 17.6 Å². The second-order valence-electron chi connectivity index (χ2n) is 3.01. The second-order valence-corrected chi connectivity index (χ2v) is 3.28. The van der Waals surface area contributed by atoms with Crippen LogP contribution in [0.15, 0.2) is 6.20 Å². The minimum Gasteiger partial charge on any atom is -0.403 e. The van der Waals surface area contributed by atoms with Crippen molar-refractivity contribution in [3.63, 3.8) is 0 Å². The average molecular weight is 290 g/mol. The van der Waals surface area contributed by atoms with E-state index in [2.05, 4.69) is 9.72 Å². The van der Waals surface area contributed by atoms with Crippen molar-refractivity contribution in [2.24, 2.45) is 0 Å². The molecule has 0 aliphatic rings. The zero-order valence-electron chi connectivity index (χ0n) is 8.47. The fraction of sp³-hybridized carbons (Fsp3) is 0.333. The summed E-state index contributed by atoms with van der Waals surface area (Å²) in [7, 11) is 0. The van der Waals surface area contributed by atoms with E-state index in [1.165, 1.54) is 0 Å². The lowest BCUT2D eigenvalue weighted by Crippen LogP contribution is -2.20. The van der Waals surface area contributed by atoms with Crippen molar-refractivity contribution < 1.29 is 31.5 Å². The van der Waals surface area contributed by atoms with Gasteiger partial charge in [0.1, 0.15) is 5.69 Å². The van der Waals surface area contributed by atoms with Crippen LogP contribution in [0.25, 0.3) is 0 Å². The second kappa shape index (κ2) is 5.47. The SMILES string of the molecule is O=Cc1c(CCl)cnc(C(F)F)c1OC(F)(F)F. The number of ether oxygens (including phenoxy) is 1. The van der Waals surface area contributed by atoms with Crippen LogP contribution >= 0.6 is 11.6 Å². The number of hydrogen-bond acceptors (Lipinski definition) is 3. The van der Waals surface area contributed by atoms with Crippen molar-refractivity contribution in [2.45, 2.75) is 18.7 Å². The molecule has 9 heteroatoms. The lowest BCUT2D eigenvalue weighted by atomic mass is 10.1. The van der Waals surface area contributed by atoms with E-state index < -0.39 is 29.8 Å². The Morgan fingerprint density at radius 3 is 2.44 bits per heavy atom. The van der Waals surface area contributed by atoms with Gasteiger partial charge in [0.15, 0.2) is 12.0 Å². The predicted molar refractivity (Wildman–Crippen MR) is 50.8 cm³/mol. The first-order valence-corrected chi connectivity index (χ1v) is 4.90. The van der Waals surface area contributed by atoms with Gasteiger partial charge in [-0.05, 0) is 5.56 Å². The third-order valence-corrected chi connectivity index (χ3v) is 2.16. The molecular weight excluding hydrogens is 285 g/mol. The highest BCUT2D eigenvalue weighted by Gasteiger charge is 2.35. The van der Waals surface area contributed by atoms with Crippen LogP contribution in [0.3, 0.4) is 0 Å². The summed E-state index contributed by atoms with van der Waals surface area (Å²) in [5.41, 5.74) is -2.08. The highest BCUT2D eigenvalue weighted by molar-refractivity contribution is 6.17. The minimum absolute atomic E-state index is 0.0354. The van der Waals surface area contributed by atoms with Gasteiger partial charge in [0.25, 0.3) is 6.43 Å². The summed E-state index contributed by atoms with van der Waals surface area (Å²) < 4.78 is 64.7. The van der Waals surface area contributed by atoms with Gasteiger partial charge < -0.3 is 4.74 Å². The molecule has 0 bridgehead atoms. The fourth-order valence-corrected chi connectivity index (χ4v) is 1.39. The Morgan fingerprint density at radius 2 is 2.06 bits per heavy atom. The number of carbonyl (C=O) groups excluding carboxylic acids is 1. The molecule has 0 unspecified atom stereocenters. The number of carbonyl (C=O) groups is 1. The van der Waals surface area contributed by atoms with E-state index in [1.807, 2.05) is 0 Å². The normalized spacial score (nSPS) is 11.7. The predicted octanol–water partition coefficient (Wildman–Crippen LogP) is 3.47. The third kappa shape index (κ3) is 3.28. The zero-order chi connectivity index (χ0) is 13.9. The highest BCUT2D eigenvalue weighted by atomic mass is 35.5. The van der Waals surface area contributed by atoms with Crippen molar-refractivity contribution >= 4 is 17.9 Å². The lowest BCUT2D eigenvalue weighted by molar-refractivity contribution is -0.275. The van der Waals surface area contributed by atoms with E-state index in [4.69, 9.17) is 11.6 Å². The summed E-state index contributed by atoms with van der Waals surface area (Å²) in [5.74, 6) is -1.68. The van der Waals surface area contributed by atoms with E-state index in [0.717, 1.165) is 6.20 Å². The molecule has 1 aromatic heterocycles. The Morgan fingerprint density at radius 1 is 1.44 bits per heavy atom.